The Kier molecular flexibility index (Phi) is 4.78. The van der Waals surface area contributed by atoms with E-state index in [9.17, 15) is 12.8 Å². The normalized spacial score (nSPS) is 12.3. The average molecular weight is 369 g/mol. The first-order valence-corrected chi connectivity index (χ1v) is 9.35. The highest BCUT2D eigenvalue weighted by Gasteiger charge is 2.24. The van der Waals surface area contributed by atoms with Crippen LogP contribution in [0.4, 0.5) is 10.1 Å². The highest BCUT2D eigenvalue weighted by atomic mass is 32.2. The summed E-state index contributed by atoms with van der Waals surface area (Å²) in [4.78, 5) is 2.87. The zero-order chi connectivity index (χ0) is 18.7. The second-order valence-corrected chi connectivity index (χ2v) is 7.47. The summed E-state index contributed by atoms with van der Waals surface area (Å²) in [5.74, 6) is -0.972. The fourth-order valence-corrected chi connectivity index (χ4v) is 4.06. The van der Waals surface area contributed by atoms with E-state index >= 15 is 0 Å². The van der Waals surface area contributed by atoms with E-state index in [0.717, 1.165) is 11.6 Å². The van der Waals surface area contributed by atoms with Crippen molar-refractivity contribution in [3.8, 4) is 6.07 Å². The predicted octanol–water partition coefficient (Wildman–Crippen LogP) is 3.98. The van der Waals surface area contributed by atoms with Crippen LogP contribution < -0.4 is 4.72 Å². The zero-order valence-electron chi connectivity index (χ0n) is 13.9. The van der Waals surface area contributed by atoms with Gasteiger partial charge in [0.05, 0.1) is 17.3 Å². The molecule has 0 saturated heterocycles. The molecule has 1 atom stereocenters. The lowest BCUT2D eigenvalue weighted by Crippen LogP contribution is -2.15. The molecule has 0 radical (unpaired) electrons. The maximum absolute atomic E-state index is 14.0. The molecule has 0 bridgehead atoms. The highest BCUT2D eigenvalue weighted by molar-refractivity contribution is 7.92. The van der Waals surface area contributed by atoms with Crippen molar-refractivity contribution in [1.29, 1.82) is 5.26 Å². The van der Waals surface area contributed by atoms with Crippen LogP contribution in [0.1, 0.15) is 29.5 Å². The monoisotopic (exact) mass is 369 g/mol. The largest absolute Gasteiger partial charge is 0.366 e. The maximum Gasteiger partial charge on any atom is 0.263 e. The Bertz CT molecular complexity index is 1070. The number of nitrogens with one attached hydrogen (secondary N) is 2. The van der Waals surface area contributed by atoms with E-state index in [1.165, 1.54) is 18.3 Å². The number of anilines is 1. The van der Waals surface area contributed by atoms with Gasteiger partial charge in [0.15, 0.2) is 0 Å². The standard InChI is InChI=1S/C19H16FN3O2S/c1-13(15-5-3-2-4-6-15)16-11-22-12-19(16)26(24,25)23-18-8-7-14(10-21)9-17(18)20/h2-9,11-13,22-23H,1H3. The summed E-state index contributed by atoms with van der Waals surface area (Å²) in [6.45, 7) is 1.90. The minimum Gasteiger partial charge on any atom is -0.366 e. The van der Waals surface area contributed by atoms with Gasteiger partial charge in [-0.3, -0.25) is 4.72 Å². The van der Waals surface area contributed by atoms with Gasteiger partial charge in [0.25, 0.3) is 10.0 Å². The van der Waals surface area contributed by atoms with Gasteiger partial charge in [0, 0.05) is 18.3 Å². The number of sulfonamides is 1. The molecule has 0 aliphatic heterocycles. The number of H-pyrrole nitrogens is 1. The van der Waals surface area contributed by atoms with Crippen LogP contribution in [0.15, 0.2) is 65.8 Å². The number of hydrogen-bond acceptors (Lipinski definition) is 3. The molecule has 3 rings (SSSR count). The van der Waals surface area contributed by atoms with E-state index in [2.05, 4.69) is 9.71 Å². The van der Waals surface area contributed by atoms with Crippen LogP contribution >= 0.6 is 0 Å². The molecule has 0 aliphatic carbocycles. The number of nitriles is 1. The lowest BCUT2D eigenvalue weighted by molar-refractivity contribution is 0.597. The van der Waals surface area contributed by atoms with Gasteiger partial charge in [-0.05, 0) is 29.3 Å². The van der Waals surface area contributed by atoms with E-state index in [4.69, 9.17) is 5.26 Å². The molecule has 132 valence electrons. The molecule has 3 aromatic rings. The first-order chi connectivity index (χ1) is 12.4. The number of nitrogens with zero attached hydrogens (tertiary/aromatic N) is 1. The Hall–Kier alpha value is -3.11. The molecule has 7 heteroatoms. The van der Waals surface area contributed by atoms with Crippen molar-refractivity contribution in [2.75, 3.05) is 4.72 Å². The molecular formula is C19H16FN3O2S. The second-order valence-electron chi connectivity index (χ2n) is 5.82. The van der Waals surface area contributed by atoms with Crippen molar-refractivity contribution in [1.82, 2.24) is 4.98 Å². The number of hydrogen-bond donors (Lipinski definition) is 2. The lowest BCUT2D eigenvalue weighted by Gasteiger charge is -2.14. The molecule has 0 saturated carbocycles. The summed E-state index contributed by atoms with van der Waals surface area (Å²) in [7, 11) is -4.00. The topological polar surface area (TPSA) is 85.8 Å². The second kappa shape index (κ2) is 7.02. The first kappa shape index (κ1) is 17.7. The van der Waals surface area contributed by atoms with Crippen molar-refractivity contribution in [3.63, 3.8) is 0 Å². The summed E-state index contributed by atoms with van der Waals surface area (Å²) in [5, 5.41) is 8.78. The molecule has 1 heterocycles. The first-order valence-electron chi connectivity index (χ1n) is 7.86. The number of aromatic amines is 1. The lowest BCUT2D eigenvalue weighted by atomic mass is 9.95. The van der Waals surface area contributed by atoms with Gasteiger partial charge < -0.3 is 4.98 Å². The summed E-state index contributed by atoms with van der Waals surface area (Å²) < 4.78 is 41.8. The molecule has 0 fully saturated rings. The van der Waals surface area contributed by atoms with Gasteiger partial charge in [-0.15, -0.1) is 0 Å². The number of halogens is 1. The van der Waals surface area contributed by atoms with Crippen LogP contribution in [-0.4, -0.2) is 13.4 Å². The van der Waals surface area contributed by atoms with Crippen LogP contribution in [0.5, 0.6) is 0 Å². The molecule has 1 aromatic heterocycles. The Balaban J connectivity index is 1.95. The molecule has 2 N–H and O–H groups in total. The van der Waals surface area contributed by atoms with Crippen molar-refractivity contribution in [2.24, 2.45) is 0 Å². The van der Waals surface area contributed by atoms with Crippen molar-refractivity contribution in [3.05, 3.63) is 83.4 Å². The molecule has 0 aliphatic rings. The molecular weight excluding hydrogens is 353 g/mol. The smallest absolute Gasteiger partial charge is 0.263 e. The van der Waals surface area contributed by atoms with E-state index in [-0.39, 0.29) is 22.1 Å². The Morgan fingerprint density at radius 1 is 1.15 bits per heavy atom. The predicted molar refractivity (Wildman–Crippen MR) is 96.7 cm³/mol. The number of benzene rings is 2. The number of aromatic nitrogens is 1. The quantitative estimate of drug-likeness (QED) is 0.713. The summed E-state index contributed by atoms with van der Waals surface area (Å²) in [5.41, 5.74) is 1.46. The third kappa shape index (κ3) is 3.46. The molecule has 5 nitrogen and oxygen atoms in total. The Labute approximate surface area is 151 Å². The van der Waals surface area contributed by atoms with Crippen LogP contribution in [0.2, 0.25) is 0 Å². The van der Waals surface area contributed by atoms with Gasteiger partial charge in [-0.1, -0.05) is 37.3 Å². The molecule has 1 unspecified atom stereocenters. The van der Waals surface area contributed by atoms with E-state index in [0.29, 0.717) is 5.56 Å². The zero-order valence-corrected chi connectivity index (χ0v) is 14.7. The van der Waals surface area contributed by atoms with Crippen LogP contribution in [0.3, 0.4) is 0 Å². The van der Waals surface area contributed by atoms with E-state index < -0.39 is 15.8 Å². The summed E-state index contributed by atoms with van der Waals surface area (Å²) in [6.07, 6.45) is 3.00. The van der Waals surface area contributed by atoms with Gasteiger partial charge in [0.2, 0.25) is 0 Å². The van der Waals surface area contributed by atoms with Crippen LogP contribution in [-0.2, 0) is 10.0 Å². The van der Waals surface area contributed by atoms with Gasteiger partial charge >= 0.3 is 0 Å². The van der Waals surface area contributed by atoms with E-state index in [1.807, 2.05) is 37.3 Å². The fraction of sp³-hybridized carbons (Fsp3) is 0.105. The Morgan fingerprint density at radius 2 is 1.88 bits per heavy atom. The van der Waals surface area contributed by atoms with E-state index in [1.54, 1.807) is 12.3 Å². The van der Waals surface area contributed by atoms with Crippen molar-refractivity contribution >= 4 is 15.7 Å². The maximum atomic E-state index is 14.0. The third-order valence-corrected chi connectivity index (χ3v) is 5.56. The summed E-state index contributed by atoms with van der Waals surface area (Å²) >= 11 is 0. The highest BCUT2D eigenvalue weighted by Crippen LogP contribution is 2.30. The SMILES string of the molecule is CC(c1ccccc1)c1c[nH]cc1S(=O)(=O)Nc1ccc(C#N)cc1F. The molecule has 2 aromatic carbocycles. The van der Waals surface area contributed by atoms with Gasteiger partial charge in [0.1, 0.15) is 10.7 Å². The Morgan fingerprint density at radius 3 is 2.54 bits per heavy atom. The number of rotatable bonds is 5. The van der Waals surface area contributed by atoms with Gasteiger partial charge in [-0.2, -0.15) is 5.26 Å². The molecule has 0 amide bonds. The average Bonchev–Trinajstić information content (AvgIpc) is 3.14. The minimum absolute atomic E-state index is 0.0533. The van der Waals surface area contributed by atoms with Crippen molar-refractivity contribution in [2.45, 2.75) is 17.7 Å². The van der Waals surface area contributed by atoms with Gasteiger partial charge in [-0.25, -0.2) is 12.8 Å². The molecule has 26 heavy (non-hydrogen) atoms. The fourth-order valence-electron chi connectivity index (χ4n) is 2.72. The third-order valence-electron chi connectivity index (χ3n) is 4.14. The summed E-state index contributed by atoms with van der Waals surface area (Å²) in [6, 6.07) is 14.9. The minimum atomic E-state index is -4.00. The van der Waals surface area contributed by atoms with Crippen LogP contribution in [0.25, 0.3) is 0 Å². The molecule has 0 spiro atoms. The van der Waals surface area contributed by atoms with Crippen molar-refractivity contribution < 1.29 is 12.8 Å². The van der Waals surface area contributed by atoms with Crippen LogP contribution in [0, 0.1) is 17.1 Å².